The number of nitrogens with zero attached hydrogens (tertiary/aromatic N) is 1. The van der Waals surface area contributed by atoms with E-state index in [1.165, 1.54) is 18.5 Å². The van der Waals surface area contributed by atoms with Crippen LogP contribution in [0.1, 0.15) is 19.8 Å². The smallest absolute Gasteiger partial charge is 0.107 e. The van der Waals surface area contributed by atoms with E-state index in [9.17, 15) is 0 Å². The van der Waals surface area contributed by atoms with Gasteiger partial charge in [-0.2, -0.15) is 0 Å². The molecular weight excluding hydrogens is 148 g/mol. The molecule has 0 saturated heterocycles. The summed E-state index contributed by atoms with van der Waals surface area (Å²) in [7, 11) is 0. The molecule has 0 aromatic heterocycles. The fourth-order valence-electron chi connectivity index (χ4n) is 1.66. The second-order valence-electron chi connectivity index (χ2n) is 3.38. The average Bonchev–Trinajstić information content (AvgIpc) is 2.25. The highest BCUT2D eigenvalue weighted by Gasteiger charge is 2.17. The largest absolute Gasteiger partial charge is 0.347 e. The monoisotopic (exact) mass is 162 g/mol. The number of fused-ring (bicyclic) bond motifs is 1. The molecule has 0 spiro atoms. The van der Waals surface area contributed by atoms with E-state index >= 15 is 0 Å². The topological polar surface area (TPSA) is 24.4 Å². The fraction of sp³-hybridized carbons (Fsp3) is 0.500. The first kappa shape index (κ1) is 7.59. The molecule has 0 amide bonds. The zero-order valence-electron chi connectivity index (χ0n) is 7.38. The Hall–Kier alpha value is -1.05. The molecule has 0 aromatic rings. The number of aliphatic imine (C=N–C) groups is 1. The number of allylic oxidation sites excluding steroid dienone is 3. The van der Waals surface area contributed by atoms with Crippen LogP contribution >= 0.6 is 0 Å². The van der Waals surface area contributed by atoms with E-state index in [0.717, 1.165) is 12.4 Å². The molecule has 0 radical (unpaired) electrons. The lowest BCUT2D eigenvalue weighted by atomic mass is 9.99. The van der Waals surface area contributed by atoms with Gasteiger partial charge in [-0.3, -0.25) is 4.99 Å². The van der Waals surface area contributed by atoms with Gasteiger partial charge < -0.3 is 5.32 Å². The van der Waals surface area contributed by atoms with E-state index in [1.807, 2.05) is 0 Å². The van der Waals surface area contributed by atoms with Crippen LogP contribution < -0.4 is 5.32 Å². The summed E-state index contributed by atoms with van der Waals surface area (Å²) in [6, 6.07) is 0. The van der Waals surface area contributed by atoms with Gasteiger partial charge in [0.25, 0.3) is 0 Å². The van der Waals surface area contributed by atoms with Crippen molar-refractivity contribution in [1.29, 1.82) is 0 Å². The molecule has 0 saturated carbocycles. The van der Waals surface area contributed by atoms with Crippen LogP contribution in [0.25, 0.3) is 0 Å². The first-order chi connectivity index (χ1) is 5.86. The third kappa shape index (κ3) is 1.42. The van der Waals surface area contributed by atoms with Gasteiger partial charge in [-0.1, -0.05) is 12.2 Å². The third-order valence-electron chi connectivity index (χ3n) is 2.32. The van der Waals surface area contributed by atoms with Crippen molar-refractivity contribution in [3.05, 3.63) is 23.9 Å². The Morgan fingerprint density at radius 3 is 3.42 bits per heavy atom. The quantitative estimate of drug-likeness (QED) is 0.577. The van der Waals surface area contributed by atoms with Crippen LogP contribution in [0.4, 0.5) is 0 Å². The molecule has 0 aromatic carbocycles. The maximum atomic E-state index is 4.48. The molecule has 1 atom stereocenters. The Kier molecular flexibility index (Phi) is 1.98. The Bertz CT molecular complexity index is 261. The summed E-state index contributed by atoms with van der Waals surface area (Å²) < 4.78 is 0. The first-order valence-electron chi connectivity index (χ1n) is 4.53. The molecule has 1 unspecified atom stereocenters. The Balaban J connectivity index is 2.24. The predicted octanol–water partition coefficient (Wildman–Crippen LogP) is 1.86. The van der Waals surface area contributed by atoms with Gasteiger partial charge in [0.05, 0.1) is 0 Å². The highest BCUT2D eigenvalue weighted by atomic mass is 15.0. The van der Waals surface area contributed by atoms with Crippen LogP contribution in [-0.2, 0) is 0 Å². The minimum absolute atomic E-state index is 0.535. The normalized spacial score (nSPS) is 27.9. The van der Waals surface area contributed by atoms with Gasteiger partial charge in [0.1, 0.15) is 5.84 Å². The Labute approximate surface area is 73.1 Å². The van der Waals surface area contributed by atoms with Crippen molar-refractivity contribution in [3.8, 4) is 0 Å². The molecule has 0 bridgehead atoms. The molecular formula is C10H14N2. The van der Waals surface area contributed by atoms with Gasteiger partial charge in [0.15, 0.2) is 0 Å². The van der Waals surface area contributed by atoms with Crippen molar-refractivity contribution in [1.82, 2.24) is 5.32 Å². The zero-order valence-corrected chi connectivity index (χ0v) is 7.38. The SMILES string of the molecule is CC1=CC=CC2CCCN=C2N1. The summed E-state index contributed by atoms with van der Waals surface area (Å²) in [5, 5.41) is 3.33. The van der Waals surface area contributed by atoms with Gasteiger partial charge in [0.2, 0.25) is 0 Å². The standard InChI is InChI=1S/C10H14N2/c1-8-4-2-5-9-6-3-7-11-10(9)12-8/h2,4-5,9H,3,6-7H2,1H3,(H,11,12). The molecule has 1 N–H and O–H groups in total. The maximum Gasteiger partial charge on any atom is 0.107 e. The van der Waals surface area contributed by atoms with E-state index in [-0.39, 0.29) is 0 Å². The lowest BCUT2D eigenvalue weighted by Gasteiger charge is -2.20. The van der Waals surface area contributed by atoms with Crippen molar-refractivity contribution in [2.45, 2.75) is 19.8 Å². The van der Waals surface area contributed by atoms with E-state index in [1.54, 1.807) is 0 Å². The summed E-state index contributed by atoms with van der Waals surface area (Å²) >= 11 is 0. The number of amidine groups is 1. The first-order valence-corrected chi connectivity index (χ1v) is 4.53. The number of rotatable bonds is 0. The van der Waals surface area contributed by atoms with E-state index in [0.29, 0.717) is 5.92 Å². The second-order valence-corrected chi connectivity index (χ2v) is 3.38. The van der Waals surface area contributed by atoms with E-state index in [4.69, 9.17) is 0 Å². The zero-order chi connectivity index (χ0) is 8.39. The molecule has 0 aliphatic carbocycles. The van der Waals surface area contributed by atoms with Crippen LogP contribution in [-0.4, -0.2) is 12.4 Å². The number of hydrogen-bond donors (Lipinski definition) is 1. The van der Waals surface area contributed by atoms with Crippen LogP contribution in [0.3, 0.4) is 0 Å². The minimum Gasteiger partial charge on any atom is -0.347 e. The van der Waals surface area contributed by atoms with Gasteiger partial charge in [-0.25, -0.2) is 0 Å². The Morgan fingerprint density at radius 1 is 1.58 bits per heavy atom. The summed E-state index contributed by atoms with van der Waals surface area (Å²) in [6.45, 7) is 3.06. The van der Waals surface area contributed by atoms with E-state index < -0.39 is 0 Å². The molecule has 2 rings (SSSR count). The maximum absolute atomic E-state index is 4.48. The van der Waals surface area contributed by atoms with Gasteiger partial charge in [0, 0.05) is 18.2 Å². The summed E-state index contributed by atoms with van der Waals surface area (Å²) in [6.07, 6.45) is 8.92. The highest BCUT2D eigenvalue weighted by Crippen LogP contribution is 2.17. The van der Waals surface area contributed by atoms with E-state index in [2.05, 4.69) is 35.5 Å². The van der Waals surface area contributed by atoms with Crippen molar-refractivity contribution in [2.75, 3.05) is 6.54 Å². The molecule has 2 aliphatic rings. The fourth-order valence-corrected chi connectivity index (χ4v) is 1.66. The van der Waals surface area contributed by atoms with Crippen LogP contribution in [0, 0.1) is 5.92 Å². The molecule has 2 nitrogen and oxygen atoms in total. The minimum atomic E-state index is 0.535. The molecule has 64 valence electrons. The Morgan fingerprint density at radius 2 is 2.50 bits per heavy atom. The van der Waals surface area contributed by atoms with Gasteiger partial charge >= 0.3 is 0 Å². The molecule has 2 aliphatic heterocycles. The third-order valence-corrected chi connectivity index (χ3v) is 2.32. The summed E-state index contributed by atoms with van der Waals surface area (Å²) in [5.41, 5.74) is 1.19. The lowest BCUT2D eigenvalue weighted by molar-refractivity contribution is 0.637. The van der Waals surface area contributed by atoms with Gasteiger partial charge in [-0.05, 0) is 25.8 Å². The number of hydrogen-bond acceptors (Lipinski definition) is 2. The van der Waals surface area contributed by atoms with Gasteiger partial charge in [-0.15, -0.1) is 0 Å². The lowest BCUT2D eigenvalue weighted by Crippen LogP contribution is -2.30. The summed E-state index contributed by atoms with van der Waals surface area (Å²) in [4.78, 5) is 4.48. The van der Waals surface area contributed by atoms with Crippen LogP contribution in [0.5, 0.6) is 0 Å². The second kappa shape index (κ2) is 3.13. The molecule has 0 fully saturated rings. The molecule has 2 heteroatoms. The molecule has 12 heavy (non-hydrogen) atoms. The van der Waals surface area contributed by atoms with Crippen molar-refractivity contribution < 1.29 is 0 Å². The highest BCUT2D eigenvalue weighted by molar-refractivity contribution is 5.88. The van der Waals surface area contributed by atoms with Crippen molar-refractivity contribution in [3.63, 3.8) is 0 Å². The average molecular weight is 162 g/mol. The predicted molar refractivity (Wildman–Crippen MR) is 51.1 cm³/mol. The van der Waals surface area contributed by atoms with Crippen LogP contribution in [0.2, 0.25) is 0 Å². The molecule has 2 heterocycles. The van der Waals surface area contributed by atoms with Crippen molar-refractivity contribution in [2.24, 2.45) is 10.9 Å². The van der Waals surface area contributed by atoms with Crippen molar-refractivity contribution >= 4 is 5.84 Å². The number of nitrogens with one attached hydrogen (secondary N) is 1. The van der Waals surface area contributed by atoms with Crippen LogP contribution in [0.15, 0.2) is 28.9 Å². The summed E-state index contributed by atoms with van der Waals surface area (Å²) in [5.74, 6) is 1.69.